The molecule has 0 spiro atoms. The summed E-state index contributed by atoms with van der Waals surface area (Å²) in [4.78, 5) is 0.149. The van der Waals surface area contributed by atoms with E-state index in [-0.39, 0.29) is 4.90 Å². The highest BCUT2D eigenvalue weighted by atomic mass is 32.2. The molecule has 0 N–H and O–H groups in total. The monoisotopic (exact) mass is 194 g/mol. The summed E-state index contributed by atoms with van der Waals surface area (Å²) in [6.45, 7) is 3.60. The first-order valence-corrected chi connectivity index (χ1v) is 5.40. The van der Waals surface area contributed by atoms with Gasteiger partial charge >= 0.3 is 0 Å². The van der Waals surface area contributed by atoms with E-state index < -0.39 is 9.84 Å². The van der Waals surface area contributed by atoms with Crippen LogP contribution in [0.25, 0.3) is 0 Å². The zero-order valence-electron chi connectivity index (χ0n) is 7.11. The van der Waals surface area contributed by atoms with Crippen LogP contribution in [0.4, 0.5) is 0 Å². The predicted octanol–water partition coefficient (Wildman–Crippen LogP) is 1.14. The third-order valence-corrected chi connectivity index (χ3v) is 2.74. The number of benzene rings is 1. The number of rotatable bonds is 1. The lowest BCUT2D eigenvalue weighted by Gasteiger charge is -2.00. The maximum atomic E-state index is 11.1. The van der Waals surface area contributed by atoms with Gasteiger partial charge in [-0.2, -0.15) is 5.26 Å². The number of nitriles is 1. The van der Waals surface area contributed by atoms with Crippen molar-refractivity contribution in [1.82, 2.24) is 0 Å². The van der Waals surface area contributed by atoms with Gasteiger partial charge in [-0.05, 0) is 24.6 Å². The van der Waals surface area contributed by atoms with Crippen LogP contribution in [-0.2, 0) is 9.84 Å². The third-order valence-electron chi connectivity index (χ3n) is 1.63. The zero-order chi connectivity index (χ0) is 10.1. The van der Waals surface area contributed by atoms with Crippen molar-refractivity contribution < 1.29 is 8.42 Å². The number of hydrogen-bond acceptors (Lipinski definition) is 3. The normalized spacial score (nSPS) is 10.8. The summed E-state index contributed by atoms with van der Waals surface area (Å²) < 4.78 is 22.2. The Hall–Kier alpha value is -1.34. The fourth-order valence-corrected chi connectivity index (χ4v) is 1.54. The van der Waals surface area contributed by atoms with Crippen molar-refractivity contribution in [3.05, 3.63) is 36.2 Å². The molecule has 0 aliphatic rings. The molecule has 0 aromatic heterocycles. The van der Waals surface area contributed by atoms with Gasteiger partial charge in [0, 0.05) is 6.26 Å². The number of nitrogens with zero attached hydrogens (tertiary/aromatic N) is 1. The van der Waals surface area contributed by atoms with Gasteiger partial charge < -0.3 is 0 Å². The Balaban J connectivity index is 3.41. The van der Waals surface area contributed by atoms with Crippen LogP contribution in [0, 0.1) is 18.3 Å². The Labute approximate surface area is 77.5 Å². The van der Waals surface area contributed by atoms with Crippen LogP contribution in [0.1, 0.15) is 11.1 Å². The summed E-state index contributed by atoms with van der Waals surface area (Å²) >= 11 is 0. The second-order valence-corrected chi connectivity index (χ2v) is 4.72. The SMILES string of the molecule is [CH2]c1ccc(S(C)(=O)=O)cc1C#N. The van der Waals surface area contributed by atoms with E-state index in [1.165, 1.54) is 18.2 Å². The topological polar surface area (TPSA) is 57.9 Å². The molecule has 13 heavy (non-hydrogen) atoms. The van der Waals surface area contributed by atoms with Gasteiger partial charge in [0.05, 0.1) is 16.5 Å². The Morgan fingerprint density at radius 1 is 1.46 bits per heavy atom. The molecule has 1 aromatic rings. The van der Waals surface area contributed by atoms with E-state index in [0.29, 0.717) is 11.1 Å². The zero-order valence-corrected chi connectivity index (χ0v) is 7.93. The first-order valence-electron chi connectivity index (χ1n) is 3.51. The van der Waals surface area contributed by atoms with E-state index in [1.54, 1.807) is 0 Å². The van der Waals surface area contributed by atoms with Crippen molar-refractivity contribution in [2.45, 2.75) is 4.90 Å². The molecule has 0 saturated heterocycles. The molecule has 3 nitrogen and oxygen atoms in total. The van der Waals surface area contributed by atoms with E-state index in [2.05, 4.69) is 6.92 Å². The summed E-state index contributed by atoms with van der Waals surface area (Å²) in [5.41, 5.74) is 0.831. The Morgan fingerprint density at radius 3 is 2.54 bits per heavy atom. The number of hydrogen-bond donors (Lipinski definition) is 0. The lowest BCUT2D eigenvalue weighted by molar-refractivity contribution is 0.602. The van der Waals surface area contributed by atoms with Crippen molar-refractivity contribution >= 4 is 9.84 Å². The standard InChI is InChI=1S/C9H8NO2S/c1-7-3-4-9(13(2,11)12)5-8(7)6-10/h3-5H,1H2,2H3. The molecule has 0 atom stereocenters. The third kappa shape index (κ3) is 2.07. The lowest BCUT2D eigenvalue weighted by Crippen LogP contribution is -1.98. The highest BCUT2D eigenvalue weighted by Crippen LogP contribution is 2.14. The van der Waals surface area contributed by atoms with Crippen LogP contribution in [0.2, 0.25) is 0 Å². The fourth-order valence-electron chi connectivity index (χ4n) is 0.890. The lowest BCUT2D eigenvalue weighted by atomic mass is 10.1. The van der Waals surface area contributed by atoms with Gasteiger partial charge in [0.2, 0.25) is 0 Å². The Kier molecular flexibility index (Phi) is 2.39. The van der Waals surface area contributed by atoms with Crippen molar-refractivity contribution in [2.75, 3.05) is 6.26 Å². The van der Waals surface area contributed by atoms with Gasteiger partial charge in [0.1, 0.15) is 0 Å². The van der Waals surface area contributed by atoms with E-state index in [9.17, 15) is 8.42 Å². The van der Waals surface area contributed by atoms with E-state index in [1.807, 2.05) is 6.07 Å². The summed E-state index contributed by atoms with van der Waals surface area (Å²) in [5, 5.41) is 8.62. The fraction of sp³-hybridized carbons (Fsp3) is 0.111. The average molecular weight is 194 g/mol. The maximum Gasteiger partial charge on any atom is 0.175 e. The largest absolute Gasteiger partial charge is 0.224 e. The molecular weight excluding hydrogens is 186 g/mol. The molecule has 4 heteroatoms. The van der Waals surface area contributed by atoms with Crippen LogP contribution in [-0.4, -0.2) is 14.7 Å². The molecule has 0 saturated carbocycles. The second kappa shape index (κ2) is 3.19. The van der Waals surface area contributed by atoms with Gasteiger partial charge in [-0.15, -0.1) is 0 Å². The molecule has 67 valence electrons. The predicted molar refractivity (Wildman–Crippen MR) is 48.7 cm³/mol. The molecular formula is C9H8NO2S. The summed E-state index contributed by atoms with van der Waals surface area (Å²) in [7, 11) is -3.23. The molecule has 0 fully saturated rings. The molecule has 1 radical (unpaired) electrons. The quantitative estimate of drug-likeness (QED) is 0.673. The van der Waals surface area contributed by atoms with Gasteiger partial charge in [-0.3, -0.25) is 0 Å². The highest BCUT2D eigenvalue weighted by molar-refractivity contribution is 7.90. The molecule has 0 unspecified atom stereocenters. The second-order valence-electron chi connectivity index (χ2n) is 2.70. The van der Waals surface area contributed by atoms with Crippen LogP contribution < -0.4 is 0 Å². The minimum absolute atomic E-state index is 0.149. The first kappa shape index (κ1) is 9.75. The van der Waals surface area contributed by atoms with Crippen LogP contribution >= 0.6 is 0 Å². The van der Waals surface area contributed by atoms with Crippen molar-refractivity contribution in [2.24, 2.45) is 0 Å². The molecule has 0 aliphatic heterocycles. The number of sulfone groups is 1. The van der Waals surface area contributed by atoms with E-state index in [0.717, 1.165) is 6.26 Å². The molecule has 1 rings (SSSR count). The van der Waals surface area contributed by atoms with Gasteiger partial charge in [-0.25, -0.2) is 8.42 Å². The smallest absolute Gasteiger partial charge is 0.175 e. The van der Waals surface area contributed by atoms with E-state index in [4.69, 9.17) is 5.26 Å². The van der Waals surface area contributed by atoms with Crippen LogP contribution in [0.15, 0.2) is 23.1 Å². The Morgan fingerprint density at radius 2 is 2.08 bits per heavy atom. The summed E-state index contributed by atoms with van der Waals surface area (Å²) in [5.74, 6) is 0. The minimum atomic E-state index is -3.23. The van der Waals surface area contributed by atoms with Crippen molar-refractivity contribution in [3.8, 4) is 6.07 Å². The van der Waals surface area contributed by atoms with Gasteiger partial charge in [0.15, 0.2) is 9.84 Å². The molecule has 1 aromatic carbocycles. The van der Waals surface area contributed by atoms with Gasteiger partial charge in [0.25, 0.3) is 0 Å². The first-order chi connectivity index (χ1) is 5.95. The van der Waals surface area contributed by atoms with Gasteiger partial charge in [-0.1, -0.05) is 6.07 Å². The maximum absolute atomic E-state index is 11.1. The highest BCUT2D eigenvalue weighted by Gasteiger charge is 2.08. The summed E-state index contributed by atoms with van der Waals surface area (Å²) in [6.07, 6.45) is 1.10. The molecule has 0 amide bonds. The molecule has 0 bridgehead atoms. The van der Waals surface area contributed by atoms with Crippen molar-refractivity contribution in [1.29, 1.82) is 5.26 Å². The average Bonchev–Trinajstić information content (AvgIpc) is 2.03. The molecule has 0 heterocycles. The minimum Gasteiger partial charge on any atom is -0.224 e. The molecule has 0 aliphatic carbocycles. The summed E-state index contributed by atoms with van der Waals surface area (Å²) in [6, 6.07) is 6.18. The van der Waals surface area contributed by atoms with E-state index >= 15 is 0 Å². The Bertz CT molecular complexity index is 469. The van der Waals surface area contributed by atoms with Crippen molar-refractivity contribution in [3.63, 3.8) is 0 Å². The van der Waals surface area contributed by atoms with Crippen LogP contribution in [0.3, 0.4) is 0 Å². The van der Waals surface area contributed by atoms with Crippen LogP contribution in [0.5, 0.6) is 0 Å².